The van der Waals surface area contributed by atoms with Crippen LogP contribution in [0.3, 0.4) is 0 Å². The topological polar surface area (TPSA) is 81.7 Å². The zero-order valence-corrected chi connectivity index (χ0v) is 18.4. The van der Waals surface area contributed by atoms with E-state index in [2.05, 4.69) is 4.72 Å². The summed E-state index contributed by atoms with van der Waals surface area (Å²) in [6.07, 6.45) is 3.06. The van der Waals surface area contributed by atoms with Crippen molar-refractivity contribution in [3.05, 3.63) is 89.0 Å². The number of hydrogen-bond acceptors (Lipinski definition) is 5. The second kappa shape index (κ2) is 9.68. The molecule has 1 N–H and O–H groups in total. The lowest BCUT2D eigenvalue weighted by Crippen LogP contribution is -2.12. The lowest BCUT2D eigenvalue weighted by atomic mass is 10.1. The third kappa shape index (κ3) is 5.65. The predicted octanol–water partition coefficient (Wildman–Crippen LogP) is 5.05. The van der Waals surface area contributed by atoms with Gasteiger partial charge < -0.3 is 9.47 Å². The van der Waals surface area contributed by atoms with Crippen LogP contribution in [0.1, 0.15) is 15.9 Å². The number of rotatable bonds is 8. The van der Waals surface area contributed by atoms with Crippen LogP contribution in [0, 0.1) is 0 Å². The monoisotopic (exact) mass is 457 g/mol. The molecule has 0 aliphatic carbocycles. The Bertz CT molecular complexity index is 1200. The summed E-state index contributed by atoms with van der Waals surface area (Å²) in [5.74, 6) is 1.01. The third-order valence-electron chi connectivity index (χ3n) is 4.40. The third-order valence-corrected chi connectivity index (χ3v) is 6.05. The van der Waals surface area contributed by atoms with E-state index in [1.165, 1.54) is 42.5 Å². The molecule has 0 amide bonds. The van der Waals surface area contributed by atoms with Crippen molar-refractivity contribution in [1.29, 1.82) is 0 Å². The number of carbonyl (C=O) groups excluding carboxylic acids is 1. The quantitative estimate of drug-likeness (QED) is 0.378. The first-order valence-electron chi connectivity index (χ1n) is 9.15. The molecule has 8 heteroatoms. The molecular formula is C23H20ClNO5S. The molecule has 0 radical (unpaired) electrons. The predicted molar refractivity (Wildman–Crippen MR) is 122 cm³/mol. The van der Waals surface area contributed by atoms with Gasteiger partial charge in [-0.25, -0.2) is 8.42 Å². The summed E-state index contributed by atoms with van der Waals surface area (Å²) in [4.78, 5) is 12.6. The lowest BCUT2D eigenvalue weighted by molar-refractivity contribution is 0.104. The molecule has 0 heterocycles. The van der Waals surface area contributed by atoms with E-state index in [1.54, 1.807) is 50.6 Å². The van der Waals surface area contributed by atoms with Crippen molar-refractivity contribution < 1.29 is 22.7 Å². The van der Waals surface area contributed by atoms with Crippen molar-refractivity contribution in [1.82, 2.24) is 0 Å². The second-order valence-electron chi connectivity index (χ2n) is 6.44. The summed E-state index contributed by atoms with van der Waals surface area (Å²) in [6.45, 7) is 0. The van der Waals surface area contributed by atoms with E-state index in [0.29, 0.717) is 33.3 Å². The van der Waals surface area contributed by atoms with Gasteiger partial charge in [0.2, 0.25) is 0 Å². The molecule has 3 aromatic carbocycles. The Morgan fingerprint density at radius 2 is 1.61 bits per heavy atom. The highest BCUT2D eigenvalue weighted by Crippen LogP contribution is 2.25. The summed E-state index contributed by atoms with van der Waals surface area (Å²) in [5, 5.41) is 0.446. The van der Waals surface area contributed by atoms with Crippen LogP contribution in [-0.4, -0.2) is 28.4 Å². The lowest BCUT2D eigenvalue weighted by Gasteiger charge is -2.09. The molecule has 0 saturated heterocycles. The normalized spacial score (nSPS) is 11.3. The van der Waals surface area contributed by atoms with Crippen molar-refractivity contribution in [2.24, 2.45) is 0 Å². The molecule has 0 bridgehead atoms. The van der Waals surface area contributed by atoms with Gasteiger partial charge in [0.1, 0.15) is 11.5 Å². The Kier molecular flexibility index (Phi) is 6.99. The molecule has 6 nitrogen and oxygen atoms in total. The van der Waals surface area contributed by atoms with Gasteiger partial charge in [0.25, 0.3) is 10.0 Å². The Balaban J connectivity index is 1.73. The number of benzene rings is 3. The van der Waals surface area contributed by atoms with E-state index < -0.39 is 10.0 Å². The second-order valence-corrected chi connectivity index (χ2v) is 8.56. The Morgan fingerprint density at radius 3 is 2.23 bits per heavy atom. The van der Waals surface area contributed by atoms with E-state index in [4.69, 9.17) is 21.1 Å². The van der Waals surface area contributed by atoms with E-state index >= 15 is 0 Å². The molecule has 0 atom stereocenters. The molecule has 0 aliphatic rings. The molecule has 3 aromatic rings. The van der Waals surface area contributed by atoms with Crippen molar-refractivity contribution in [3.63, 3.8) is 0 Å². The molecule has 31 heavy (non-hydrogen) atoms. The van der Waals surface area contributed by atoms with E-state index in [-0.39, 0.29) is 10.7 Å². The first kappa shape index (κ1) is 22.4. The number of ketones is 1. The minimum atomic E-state index is -3.76. The Morgan fingerprint density at radius 1 is 0.935 bits per heavy atom. The van der Waals surface area contributed by atoms with Gasteiger partial charge >= 0.3 is 0 Å². The first-order chi connectivity index (χ1) is 14.8. The molecule has 160 valence electrons. The van der Waals surface area contributed by atoms with E-state index in [1.807, 2.05) is 0 Å². The maximum Gasteiger partial charge on any atom is 0.261 e. The number of carbonyl (C=O) groups is 1. The summed E-state index contributed by atoms with van der Waals surface area (Å²) >= 11 is 5.80. The standard InChI is InChI=1S/C23H20ClNO5S/c1-29-20-10-14-23(30-2)17(15-20)5-13-22(26)16-3-8-19(9-4-16)25-31(27,28)21-11-6-18(24)7-12-21/h3-15,25H,1-2H3. The molecule has 0 spiro atoms. The van der Waals surface area contributed by atoms with Crippen LogP contribution >= 0.6 is 11.6 Å². The van der Waals surface area contributed by atoms with Gasteiger partial charge in [0.15, 0.2) is 5.78 Å². The largest absolute Gasteiger partial charge is 0.497 e. The van der Waals surface area contributed by atoms with Gasteiger partial charge in [-0.2, -0.15) is 0 Å². The fraction of sp³-hybridized carbons (Fsp3) is 0.0870. The number of ether oxygens (including phenoxy) is 2. The Labute approximate surface area is 186 Å². The Hall–Kier alpha value is -3.29. The zero-order valence-electron chi connectivity index (χ0n) is 16.8. The van der Waals surface area contributed by atoms with E-state index in [0.717, 1.165) is 0 Å². The van der Waals surface area contributed by atoms with Crippen molar-refractivity contribution in [3.8, 4) is 11.5 Å². The number of methoxy groups -OCH3 is 2. The number of nitrogens with one attached hydrogen (secondary N) is 1. The number of sulfonamides is 1. The fourth-order valence-electron chi connectivity index (χ4n) is 2.76. The number of hydrogen-bond donors (Lipinski definition) is 1. The smallest absolute Gasteiger partial charge is 0.261 e. The molecular weight excluding hydrogens is 438 g/mol. The van der Waals surface area contributed by atoms with Gasteiger partial charge in [-0.1, -0.05) is 11.6 Å². The number of allylic oxidation sites excluding steroid dienone is 1. The maximum absolute atomic E-state index is 12.5. The number of halogens is 1. The zero-order chi connectivity index (χ0) is 22.4. The van der Waals surface area contributed by atoms with Gasteiger partial charge in [0, 0.05) is 21.8 Å². The van der Waals surface area contributed by atoms with Gasteiger partial charge in [-0.3, -0.25) is 9.52 Å². The maximum atomic E-state index is 12.5. The number of anilines is 1. The fourth-order valence-corrected chi connectivity index (χ4v) is 3.95. The molecule has 0 aromatic heterocycles. The molecule has 0 fully saturated rings. The summed E-state index contributed by atoms with van der Waals surface area (Å²) in [5.41, 5.74) is 1.44. The van der Waals surface area contributed by atoms with Gasteiger partial charge in [-0.05, 0) is 78.9 Å². The summed E-state index contributed by atoms with van der Waals surface area (Å²) in [7, 11) is -0.652. The van der Waals surface area contributed by atoms with Crippen molar-refractivity contribution in [2.45, 2.75) is 4.90 Å². The van der Waals surface area contributed by atoms with Crippen molar-refractivity contribution >= 4 is 39.2 Å². The SMILES string of the molecule is COc1ccc(OC)c(C=CC(=O)c2ccc(NS(=O)(=O)c3ccc(Cl)cc3)cc2)c1. The highest BCUT2D eigenvalue weighted by Gasteiger charge is 2.14. The minimum Gasteiger partial charge on any atom is -0.497 e. The van der Waals surface area contributed by atoms with E-state index in [9.17, 15) is 13.2 Å². The van der Waals surface area contributed by atoms with Crippen molar-refractivity contribution in [2.75, 3.05) is 18.9 Å². The average Bonchev–Trinajstić information content (AvgIpc) is 2.77. The summed E-state index contributed by atoms with van der Waals surface area (Å²) < 4.78 is 37.9. The highest BCUT2D eigenvalue weighted by atomic mass is 35.5. The van der Waals surface area contributed by atoms with Crippen LogP contribution in [0.2, 0.25) is 5.02 Å². The average molecular weight is 458 g/mol. The molecule has 3 rings (SSSR count). The minimum absolute atomic E-state index is 0.0900. The molecule has 0 saturated carbocycles. The van der Waals surface area contributed by atoms with Crippen LogP contribution in [0.4, 0.5) is 5.69 Å². The van der Waals surface area contributed by atoms with Crippen LogP contribution in [0.5, 0.6) is 11.5 Å². The first-order valence-corrected chi connectivity index (χ1v) is 11.0. The summed E-state index contributed by atoms with van der Waals surface area (Å²) in [6, 6.07) is 17.3. The van der Waals surface area contributed by atoms with Crippen LogP contribution in [0.15, 0.2) is 77.7 Å². The van der Waals surface area contributed by atoms with Crippen LogP contribution in [0.25, 0.3) is 6.08 Å². The molecule has 0 aliphatic heterocycles. The van der Waals surface area contributed by atoms with Gasteiger partial charge in [0.05, 0.1) is 19.1 Å². The van der Waals surface area contributed by atoms with Crippen LogP contribution < -0.4 is 14.2 Å². The van der Waals surface area contributed by atoms with Crippen LogP contribution in [-0.2, 0) is 10.0 Å². The van der Waals surface area contributed by atoms with Gasteiger partial charge in [-0.15, -0.1) is 0 Å². The highest BCUT2D eigenvalue weighted by molar-refractivity contribution is 7.92. The molecule has 0 unspecified atom stereocenters.